The first kappa shape index (κ1) is 19.1. The number of alkyl halides is 2. The fourth-order valence-corrected chi connectivity index (χ4v) is 2.04. The van der Waals surface area contributed by atoms with Crippen molar-refractivity contribution in [1.82, 2.24) is 10.2 Å². The third-order valence-electron chi connectivity index (χ3n) is 3.22. The maximum Gasteiger partial charge on any atom is 0.408 e. The summed E-state index contributed by atoms with van der Waals surface area (Å²) in [6.07, 6.45) is -2.37. The number of nitrogens with zero attached hydrogens (tertiary/aromatic N) is 1. The van der Waals surface area contributed by atoms with E-state index in [9.17, 15) is 23.2 Å². The molecule has 1 aliphatic heterocycles. The molecule has 9 heteroatoms. The van der Waals surface area contributed by atoms with Crippen LogP contribution in [-0.4, -0.2) is 58.6 Å². The number of hydrogen-bond donors (Lipinski definition) is 2. The Balaban J connectivity index is 2.57. The molecule has 2 N–H and O–H groups in total. The number of nitrogens with one attached hydrogen (secondary N) is 1. The van der Waals surface area contributed by atoms with Gasteiger partial charge in [-0.15, -0.1) is 0 Å². The van der Waals surface area contributed by atoms with Crippen molar-refractivity contribution in [2.24, 2.45) is 0 Å². The number of hydrogen-bond acceptors (Lipinski definition) is 4. The number of rotatable bonds is 4. The highest BCUT2D eigenvalue weighted by Crippen LogP contribution is 2.27. The molecule has 2 amide bonds. The van der Waals surface area contributed by atoms with E-state index in [1.165, 1.54) is 4.90 Å². The van der Waals surface area contributed by atoms with Gasteiger partial charge in [-0.2, -0.15) is 0 Å². The van der Waals surface area contributed by atoms with E-state index in [0.717, 1.165) is 0 Å². The molecular formula is C14H22F2N2O5. The molecule has 1 heterocycles. The van der Waals surface area contributed by atoms with E-state index in [2.05, 4.69) is 5.32 Å². The average molecular weight is 336 g/mol. The maximum absolute atomic E-state index is 13.1. The highest BCUT2D eigenvalue weighted by molar-refractivity contribution is 5.87. The van der Waals surface area contributed by atoms with Gasteiger partial charge in [0.05, 0.1) is 6.42 Å². The lowest BCUT2D eigenvalue weighted by molar-refractivity contribution is -0.145. The summed E-state index contributed by atoms with van der Waals surface area (Å²) in [6, 6.07) is -1.47. The molecule has 0 aliphatic carbocycles. The van der Waals surface area contributed by atoms with Gasteiger partial charge in [-0.25, -0.2) is 18.4 Å². The van der Waals surface area contributed by atoms with Crippen LogP contribution < -0.4 is 5.32 Å². The first-order valence-corrected chi connectivity index (χ1v) is 7.27. The molecule has 0 spiro atoms. The smallest absolute Gasteiger partial charge is 0.408 e. The summed E-state index contributed by atoms with van der Waals surface area (Å²) in [6.45, 7) is 4.57. The van der Waals surface area contributed by atoms with Gasteiger partial charge in [0.2, 0.25) is 5.91 Å². The predicted octanol–water partition coefficient (Wildman–Crippen LogP) is 1.61. The minimum atomic E-state index is -2.79. The molecule has 0 aromatic heterocycles. The number of amides is 2. The van der Waals surface area contributed by atoms with Crippen LogP contribution in [0.1, 0.15) is 40.0 Å². The number of likely N-dealkylation sites (tertiary alicyclic amines) is 1. The van der Waals surface area contributed by atoms with Gasteiger partial charge >= 0.3 is 12.1 Å². The molecule has 1 rings (SSSR count). The zero-order valence-electron chi connectivity index (χ0n) is 13.4. The van der Waals surface area contributed by atoms with E-state index in [1.54, 1.807) is 20.8 Å². The zero-order chi connectivity index (χ0) is 17.8. The molecule has 1 aliphatic rings. The number of carbonyl (C=O) groups is 3. The third kappa shape index (κ3) is 6.79. The molecule has 1 fully saturated rings. The number of ether oxygens (including phenoxy) is 1. The highest BCUT2D eigenvalue weighted by atomic mass is 19.3. The van der Waals surface area contributed by atoms with Crippen molar-refractivity contribution in [3.8, 4) is 0 Å². The number of halogens is 2. The lowest BCUT2D eigenvalue weighted by atomic mass is 10.1. The molecule has 132 valence electrons. The molecule has 0 bridgehead atoms. The molecule has 0 unspecified atom stereocenters. The molecule has 0 aromatic carbocycles. The van der Waals surface area contributed by atoms with Crippen molar-refractivity contribution in [2.45, 2.75) is 57.6 Å². The Bertz CT molecular complexity index is 466. The molecule has 0 aromatic rings. The minimum Gasteiger partial charge on any atom is -0.480 e. The van der Waals surface area contributed by atoms with Crippen LogP contribution in [0.4, 0.5) is 13.6 Å². The van der Waals surface area contributed by atoms with Gasteiger partial charge in [0.15, 0.2) is 0 Å². The summed E-state index contributed by atoms with van der Waals surface area (Å²) < 4.78 is 31.0. The number of carboxylic acids is 1. The zero-order valence-corrected chi connectivity index (χ0v) is 13.4. The van der Waals surface area contributed by atoms with E-state index in [0.29, 0.717) is 0 Å². The van der Waals surface area contributed by atoms with E-state index < -0.39 is 54.8 Å². The van der Waals surface area contributed by atoms with Gasteiger partial charge in [0, 0.05) is 25.9 Å². The second-order valence-electron chi connectivity index (χ2n) is 6.48. The molecule has 1 saturated heterocycles. The highest BCUT2D eigenvalue weighted by Gasteiger charge is 2.36. The lowest BCUT2D eigenvalue weighted by Gasteiger charge is -2.32. The molecule has 7 nitrogen and oxygen atoms in total. The number of carboxylic acid groups (broad SMARTS) is 1. The number of aliphatic carboxylic acids is 1. The number of alkyl carbamates (subject to hydrolysis) is 1. The monoisotopic (exact) mass is 336 g/mol. The Morgan fingerprint density at radius 3 is 2.22 bits per heavy atom. The summed E-state index contributed by atoms with van der Waals surface area (Å²) in [5.74, 6) is -4.78. The molecule has 0 saturated carbocycles. The Labute approximate surface area is 133 Å². The van der Waals surface area contributed by atoms with Gasteiger partial charge in [-0.3, -0.25) is 4.79 Å². The van der Waals surface area contributed by atoms with Gasteiger partial charge in [0.1, 0.15) is 11.6 Å². The Morgan fingerprint density at radius 2 is 1.78 bits per heavy atom. The van der Waals surface area contributed by atoms with Gasteiger partial charge in [-0.05, 0) is 20.8 Å². The standard InChI is InChI=1S/C14H22F2N2O5/c1-13(2,3)23-12(22)17-9(11(20)21)8-10(19)18-6-4-14(15,16)5-7-18/h9H,4-8H2,1-3H3,(H,17,22)(H,20,21)/t9-/m1/s1. The van der Waals surface area contributed by atoms with Crippen LogP contribution in [0.2, 0.25) is 0 Å². The average Bonchev–Trinajstić information content (AvgIpc) is 2.35. The van der Waals surface area contributed by atoms with Crippen molar-refractivity contribution >= 4 is 18.0 Å². The number of piperidine rings is 1. The van der Waals surface area contributed by atoms with Crippen molar-refractivity contribution < 1.29 is 33.0 Å². The SMILES string of the molecule is CC(C)(C)OC(=O)N[C@H](CC(=O)N1CCC(F)(F)CC1)C(=O)O. The van der Waals surface area contributed by atoms with Crippen LogP contribution in [-0.2, 0) is 14.3 Å². The van der Waals surface area contributed by atoms with Crippen molar-refractivity contribution in [2.75, 3.05) is 13.1 Å². The van der Waals surface area contributed by atoms with Crippen molar-refractivity contribution in [3.63, 3.8) is 0 Å². The number of carbonyl (C=O) groups excluding carboxylic acids is 2. The van der Waals surface area contributed by atoms with Crippen LogP contribution in [0.5, 0.6) is 0 Å². The fourth-order valence-electron chi connectivity index (χ4n) is 2.04. The van der Waals surface area contributed by atoms with E-state index in [1.807, 2.05) is 0 Å². The van der Waals surface area contributed by atoms with Crippen LogP contribution in [0, 0.1) is 0 Å². The Kier molecular flexibility index (Phi) is 5.90. The quantitative estimate of drug-likeness (QED) is 0.813. The minimum absolute atomic E-state index is 0.134. The van der Waals surface area contributed by atoms with E-state index in [4.69, 9.17) is 9.84 Å². The van der Waals surface area contributed by atoms with Gasteiger partial charge in [-0.1, -0.05) is 0 Å². The summed E-state index contributed by atoms with van der Waals surface area (Å²) in [5.41, 5.74) is -0.810. The molecule has 0 radical (unpaired) electrons. The topological polar surface area (TPSA) is 95.9 Å². The molecule has 1 atom stereocenters. The fraction of sp³-hybridized carbons (Fsp3) is 0.786. The molecule has 23 heavy (non-hydrogen) atoms. The van der Waals surface area contributed by atoms with Crippen LogP contribution >= 0.6 is 0 Å². The largest absolute Gasteiger partial charge is 0.480 e. The van der Waals surface area contributed by atoms with Crippen LogP contribution in [0.3, 0.4) is 0 Å². The second-order valence-corrected chi connectivity index (χ2v) is 6.48. The first-order valence-electron chi connectivity index (χ1n) is 7.27. The summed E-state index contributed by atoms with van der Waals surface area (Å²) >= 11 is 0. The first-order chi connectivity index (χ1) is 10.4. The van der Waals surface area contributed by atoms with Crippen LogP contribution in [0.25, 0.3) is 0 Å². The Morgan fingerprint density at radius 1 is 1.26 bits per heavy atom. The van der Waals surface area contributed by atoms with Gasteiger partial charge in [0.25, 0.3) is 5.92 Å². The predicted molar refractivity (Wildman–Crippen MR) is 76.2 cm³/mol. The van der Waals surface area contributed by atoms with Crippen LogP contribution in [0.15, 0.2) is 0 Å². The van der Waals surface area contributed by atoms with Gasteiger partial charge < -0.3 is 20.1 Å². The third-order valence-corrected chi connectivity index (χ3v) is 3.22. The Hall–Kier alpha value is -1.93. The normalized spacial score (nSPS) is 18.9. The summed E-state index contributed by atoms with van der Waals surface area (Å²) in [5, 5.41) is 11.2. The van der Waals surface area contributed by atoms with Crippen molar-refractivity contribution in [3.05, 3.63) is 0 Å². The lowest BCUT2D eigenvalue weighted by Crippen LogP contribution is -2.48. The van der Waals surface area contributed by atoms with E-state index >= 15 is 0 Å². The molecular weight excluding hydrogens is 314 g/mol. The maximum atomic E-state index is 13.1. The summed E-state index contributed by atoms with van der Waals surface area (Å²) in [4.78, 5) is 36.0. The summed E-state index contributed by atoms with van der Waals surface area (Å²) in [7, 11) is 0. The van der Waals surface area contributed by atoms with E-state index in [-0.39, 0.29) is 13.1 Å². The second kappa shape index (κ2) is 7.10. The van der Waals surface area contributed by atoms with Crippen molar-refractivity contribution in [1.29, 1.82) is 0 Å².